The average molecular weight is 602 g/mol. The van der Waals surface area contributed by atoms with Gasteiger partial charge in [0.1, 0.15) is 0 Å². The number of nitrogens with zero attached hydrogens (tertiary/aromatic N) is 6. The Morgan fingerprint density at radius 1 is 0.771 bits per heavy atom. The Labute approximate surface area is 219 Å². The zero-order valence-corrected chi connectivity index (χ0v) is 22.8. The predicted molar refractivity (Wildman–Crippen MR) is 145 cm³/mol. The van der Waals surface area contributed by atoms with Crippen molar-refractivity contribution in [2.24, 2.45) is 14.1 Å². The fourth-order valence-corrected chi connectivity index (χ4v) is 5.08. The molecule has 0 radical (unpaired) electrons. The Hall–Kier alpha value is -2.69. The van der Waals surface area contributed by atoms with Crippen molar-refractivity contribution in [2.75, 3.05) is 31.1 Å². The fraction of sp³-hybridized carbons (Fsp3) is 0.320. The maximum atomic E-state index is 13.2. The predicted octanol–water partition coefficient (Wildman–Crippen LogP) is 3.33. The number of imidazole rings is 1. The van der Waals surface area contributed by atoms with Crippen molar-refractivity contribution < 1.29 is 0 Å². The van der Waals surface area contributed by atoms with Crippen molar-refractivity contribution in [1.29, 1.82) is 0 Å². The molecule has 8 nitrogen and oxygen atoms in total. The first kappa shape index (κ1) is 24.0. The topological polar surface area (TPSA) is 68.3 Å². The highest BCUT2D eigenvalue weighted by Crippen LogP contribution is 2.24. The smallest absolute Gasteiger partial charge is 0.332 e. The molecule has 3 heterocycles. The van der Waals surface area contributed by atoms with Gasteiger partial charge in [-0.25, -0.2) is 4.79 Å². The molecule has 0 bridgehead atoms. The van der Waals surface area contributed by atoms with E-state index in [0.29, 0.717) is 17.7 Å². The zero-order chi connectivity index (χ0) is 24.7. The van der Waals surface area contributed by atoms with Crippen LogP contribution in [-0.4, -0.2) is 49.8 Å². The van der Waals surface area contributed by atoms with Crippen LogP contribution in [0.1, 0.15) is 11.1 Å². The first-order valence-corrected chi connectivity index (χ1v) is 13.0. The third-order valence-corrected chi connectivity index (χ3v) is 7.61. The van der Waals surface area contributed by atoms with Crippen molar-refractivity contribution in [3.05, 3.63) is 89.4 Å². The number of piperazine rings is 1. The lowest BCUT2D eigenvalue weighted by atomic mass is 10.2. The summed E-state index contributed by atoms with van der Waals surface area (Å²) in [6.45, 7) is 4.73. The summed E-state index contributed by atoms with van der Waals surface area (Å²) >= 11 is 6.98. The van der Waals surface area contributed by atoms with Crippen LogP contribution in [0, 0.1) is 0 Å². The van der Waals surface area contributed by atoms with Crippen molar-refractivity contribution in [3.8, 4) is 0 Å². The number of benzene rings is 2. The number of rotatable bonds is 5. The maximum Gasteiger partial charge on any atom is 0.332 e. The van der Waals surface area contributed by atoms with Gasteiger partial charge in [0.15, 0.2) is 11.2 Å². The summed E-state index contributed by atoms with van der Waals surface area (Å²) in [6.07, 6.45) is 0. The van der Waals surface area contributed by atoms with E-state index in [0.717, 1.165) is 57.7 Å². The lowest BCUT2D eigenvalue weighted by Crippen LogP contribution is -2.47. The van der Waals surface area contributed by atoms with E-state index in [2.05, 4.69) is 65.9 Å². The summed E-state index contributed by atoms with van der Waals surface area (Å²) < 4.78 is 6.66. The molecule has 4 aromatic rings. The minimum Gasteiger partial charge on any atom is -0.340 e. The molecule has 10 heteroatoms. The van der Waals surface area contributed by atoms with Crippen LogP contribution < -0.4 is 16.1 Å². The fourth-order valence-electron chi connectivity index (χ4n) is 4.55. The number of fused-ring (bicyclic) bond motifs is 1. The van der Waals surface area contributed by atoms with Crippen molar-refractivity contribution in [2.45, 2.75) is 13.1 Å². The van der Waals surface area contributed by atoms with Crippen LogP contribution in [0.4, 0.5) is 5.95 Å². The van der Waals surface area contributed by atoms with E-state index in [1.165, 1.54) is 17.2 Å². The highest BCUT2D eigenvalue weighted by molar-refractivity contribution is 9.10. The average Bonchev–Trinajstić information content (AvgIpc) is 3.24. The van der Waals surface area contributed by atoms with Gasteiger partial charge in [0.2, 0.25) is 5.95 Å². The normalized spacial score (nSPS) is 14.7. The molecule has 1 aliphatic heterocycles. The van der Waals surface area contributed by atoms with Crippen molar-refractivity contribution in [1.82, 2.24) is 23.6 Å². The molecule has 2 aromatic carbocycles. The molecule has 182 valence electrons. The van der Waals surface area contributed by atoms with Gasteiger partial charge >= 0.3 is 5.69 Å². The van der Waals surface area contributed by atoms with Crippen LogP contribution in [0.5, 0.6) is 0 Å². The van der Waals surface area contributed by atoms with Crippen LogP contribution in [0.3, 0.4) is 0 Å². The van der Waals surface area contributed by atoms with Gasteiger partial charge in [-0.15, -0.1) is 0 Å². The Morgan fingerprint density at radius 3 is 1.89 bits per heavy atom. The second-order valence-electron chi connectivity index (χ2n) is 8.89. The minimum atomic E-state index is -0.373. The number of hydrogen-bond donors (Lipinski definition) is 0. The van der Waals surface area contributed by atoms with E-state index in [1.54, 1.807) is 7.05 Å². The molecular formula is C25H26Br2N6O2. The Kier molecular flexibility index (Phi) is 6.69. The lowest BCUT2D eigenvalue weighted by molar-refractivity contribution is 0.248. The third-order valence-electron chi connectivity index (χ3n) is 6.56. The molecule has 1 saturated heterocycles. The second kappa shape index (κ2) is 9.75. The van der Waals surface area contributed by atoms with Gasteiger partial charge < -0.3 is 4.90 Å². The molecule has 0 saturated carbocycles. The standard InChI is InChI=1S/C25H26Br2N6O2/c1-29-22-21(23(34)30(2)25(29)35)33(16-18-5-9-20(27)10-6-18)24(28-22)32-13-11-31(12-14-32)15-17-3-7-19(26)8-4-17/h3-10H,11-16H2,1-2H3. The van der Waals surface area contributed by atoms with Gasteiger partial charge in [-0.1, -0.05) is 56.1 Å². The van der Waals surface area contributed by atoms with Crippen LogP contribution in [0.25, 0.3) is 11.2 Å². The summed E-state index contributed by atoms with van der Waals surface area (Å²) in [6, 6.07) is 16.5. The van der Waals surface area contributed by atoms with Gasteiger partial charge in [-0.2, -0.15) is 4.98 Å². The van der Waals surface area contributed by atoms with Crippen LogP contribution in [0.2, 0.25) is 0 Å². The van der Waals surface area contributed by atoms with E-state index in [-0.39, 0.29) is 11.2 Å². The molecular weight excluding hydrogens is 576 g/mol. The van der Waals surface area contributed by atoms with E-state index < -0.39 is 0 Å². The highest BCUT2D eigenvalue weighted by Gasteiger charge is 2.25. The molecule has 1 aliphatic rings. The number of aromatic nitrogens is 4. The van der Waals surface area contributed by atoms with Crippen molar-refractivity contribution >= 4 is 49.0 Å². The highest BCUT2D eigenvalue weighted by atomic mass is 79.9. The SMILES string of the molecule is Cn1c(=O)c2c(nc(N3CCN(Cc4ccc(Br)cc4)CC3)n2Cc2ccc(Br)cc2)n(C)c1=O. The summed E-state index contributed by atoms with van der Waals surface area (Å²) in [7, 11) is 3.18. The number of halogens is 2. The maximum absolute atomic E-state index is 13.2. The first-order chi connectivity index (χ1) is 16.8. The van der Waals surface area contributed by atoms with E-state index in [1.807, 2.05) is 28.8 Å². The Morgan fingerprint density at radius 2 is 1.31 bits per heavy atom. The third kappa shape index (κ3) is 4.74. The van der Waals surface area contributed by atoms with Gasteiger partial charge in [-0.05, 0) is 35.4 Å². The van der Waals surface area contributed by atoms with Crippen LogP contribution >= 0.6 is 31.9 Å². The molecule has 35 heavy (non-hydrogen) atoms. The largest absolute Gasteiger partial charge is 0.340 e. The quantitative estimate of drug-likeness (QED) is 0.351. The van der Waals surface area contributed by atoms with Gasteiger partial charge in [-0.3, -0.25) is 23.4 Å². The molecule has 5 rings (SSSR count). The van der Waals surface area contributed by atoms with Gasteiger partial charge in [0.05, 0.1) is 6.54 Å². The zero-order valence-electron chi connectivity index (χ0n) is 19.6. The van der Waals surface area contributed by atoms with Crippen LogP contribution in [-0.2, 0) is 27.2 Å². The molecule has 0 aliphatic carbocycles. The molecule has 0 amide bonds. The van der Waals surface area contributed by atoms with Gasteiger partial charge in [0.25, 0.3) is 5.56 Å². The molecule has 0 unspecified atom stereocenters. The van der Waals surface area contributed by atoms with Gasteiger partial charge in [0, 0.05) is 55.8 Å². The van der Waals surface area contributed by atoms with Crippen LogP contribution in [0.15, 0.2) is 67.1 Å². The van der Waals surface area contributed by atoms with E-state index in [9.17, 15) is 9.59 Å². The number of hydrogen-bond acceptors (Lipinski definition) is 5. The Bertz CT molecular complexity index is 1480. The first-order valence-electron chi connectivity index (χ1n) is 11.4. The van der Waals surface area contributed by atoms with Crippen molar-refractivity contribution in [3.63, 3.8) is 0 Å². The summed E-state index contributed by atoms with van der Waals surface area (Å²) in [5, 5.41) is 0. The summed E-state index contributed by atoms with van der Waals surface area (Å²) in [5.74, 6) is 0.726. The molecule has 0 N–H and O–H groups in total. The van der Waals surface area contributed by atoms with E-state index in [4.69, 9.17) is 4.98 Å². The minimum absolute atomic E-state index is 0.326. The molecule has 1 fully saturated rings. The number of aryl methyl sites for hydroxylation is 1. The lowest BCUT2D eigenvalue weighted by Gasteiger charge is -2.35. The Balaban J connectivity index is 1.48. The summed E-state index contributed by atoms with van der Waals surface area (Å²) in [4.78, 5) is 35.3. The molecule has 0 spiro atoms. The van der Waals surface area contributed by atoms with E-state index >= 15 is 0 Å². The monoisotopic (exact) mass is 600 g/mol. The second-order valence-corrected chi connectivity index (χ2v) is 10.7. The molecule has 0 atom stereocenters. The summed E-state index contributed by atoms with van der Waals surface area (Å²) in [5.41, 5.74) is 2.50. The number of anilines is 1. The molecule has 2 aromatic heterocycles.